The minimum atomic E-state index is -0.927. The molecule has 3 heteroatoms. The Balaban J connectivity index is 0. The third-order valence-electron chi connectivity index (χ3n) is 3.08. The van der Waals surface area contributed by atoms with E-state index >= 15 is 0 Å². The molecule has 0 saturated carbocycles. The number of rotatable bonds is 13. The predicted molar refractivity (Wildman–Crippen MR) is 84.3 cm³/mol. The zero-order chi connectivity index (χ0) is 14.9. The van der Waals surface area contributed by atoms with Gasteiger partial charge in [0.25, 0.3) is 0 Å². The van der Waals surface area contributed by atoms with Crippen molar-refractivity contribution in [3.63, 3.8) is 0 Å². The van der Waals surface area contributed by atoms with Gasteiger partial charge in [0.05, 0.1) is 0 Å². The number of hydrogen-bond donors (Lipinski definition) is 0. The van der Waals surface area contributed by atoms with E-state index in [1.54, 1.807) is 0 Å². The van der Waals surface area contributed by atoms with Crippen LogP contribution in [0.25, 0.3) is 0 Å². The summed E-state index contributed by atoms with van der Waals surface area (Å²) < 4.78 is 0. The van der Waals surface area contributed by atoms with Gasteiger partial charge in [-0.15, -0.1) is 0 Å². The summed E-state index contributed by atoms with van der Waals surface area (Å²) in [4.78, 5) is 10.2. The third kappa shape index (κ3) is 21.7. The predicted octanol–water partition coefficient (Wildman–Crippen LogP) is 1.33. The molecule has 0 spiro atoms. The topological polar surface area (TPSA) is 40.1 Å². The number of aliphatic carboxylic acids is 1. The molecule has 0 rings (SSSR count). The molecule has 0 aromatic carbocycles. The average Bonchev–Trinajstić information content (AvgIpc) is 2.43. The summed E-state index contributed by atoms with van der Waals surface area (Å²) in [6, 6.07) is 0. The zero-order valence-electron chi connectivity index (χ0n) is 13.9. The molecule has 0 aliphatic heterocycles. The van der Waals surface area contributed by atoms with E-state index in [1.807, 2.05) is 0 Å². The van der Waals surface area contributed by atoms with Crippen molar-refractivity contribution < 1.29 is 28.8 Å². The van der Waals surface area contributed by atoms with Crippen molar-refractivity contribution in [2.45, 2.75) is 71.1 Å². The molecule has 0 aromatic rings. The van der Waals surface area contributed by atoms with Crippen LogP contribution in [-0.2, 0) is 4.79 Å². The smallest absolute Gasteiger partial charge is 0.550 e. The summed E-state index contributed by atoms with van der Waals surface area (Å²) in [6.07, 6.45) is 23.0. The zero-order valence-corrected chi connectivity index (χ0v) is 13.9. The van der Waals surface area contributed by atoms with Gasteiger partial charge in [-0.25, -0.2) is 0 Å². The molecule has 21 heavy (non-hydrogen) atoms. The van der Waals surface area contributed by atoms with Crippen LogP contribution < -0.4 is 24.0 Å². The van der Waals surface area contributed by atoms with Gasteiger partial charge in [-0.05, 0) is 32.1 Å². The van der Waals surface area contributed by atoms with Gasteiger partial charge >= 0.3 is 18.9 Å². The minimum Gasteiger partial charge on any atom is -0.550 e. The number of allylic oxidation sites excluding steroid dienone is 6. The molecule has 0 saturated heterocycles. The summed E-state index contributed by atoms with van der Waals surface area (Å²) in [5.41, 5.74) is 0. The van der Waals surface area contributed by atoms with Crippen molar-refractivity contribution in [2.24, 2.45) is 0 Å². The Bertz CT molecular complexity index is 306. The van der Waals surface area contributed by atoms with Gasteiger partial charge in [0.1, 0.15) is 0 Å². The van der Waals surface area contributed by atoms with Gasteiger partial charge in [0.15, 0.2) is 0 Å². The number of carbonyl (C=O) groups is 1. The number of carbonyl (C=O) groups excluding carboxylic acids is 1. The molecule has 0 bridgehead atoms. The van der Waals surface area contributed by atoms with Crippen LogP contribution in [0.1, 0.15) is 71.1 Å². The maximum atomic E-state index is 10.2. The molecule has 0 aliphatic rings. The Kier molecular flexibility index (Phi) is 20.7. The normalized spacial score (nSPS) is 11.5. The van der Waals surface area contributed by atoms with Crippen LogP contribution in [0.3, 0.4) is 0 Å². The van der Waals surface area contributed by atoms with Crippen LogP contribution in [-0.4, -0.2) is 5.97 Å². The van der Waals surface area contributed by atoms with Crippen molar-refractivity contribution >= 4 is 5.97 Å². The second-order valence-electron chi connectivity index (χ2n) is 5.06. The van der Waals surface area contributed by atoms with Gasteiger partial charge in [-0.3, -0.25) is 0 Å². The molecule has 2 nitrogen and oxygen atoms in total. The fraction of sp³-hybridized carbons (Fsp3) is 0.611. The largest absolute Gasteiger partial charge is 1.00 e. The SMILES string of the molecule is CCCC\C=C/C=C/C=C\CCCCCCCC(=O)[O-].[Li+]. The monoisotopic (exact) mass is 284 g/mol. The van der Waals surface area contributed by atoms with E-state index in [9.17, 15) is 9.90 Å². The summed E-state index contributed by atoms with van der Waals surface area (Å²) in [5.74, 6) is -0.927. The second-order valence-corrected chi connectivity index (χ2v) is 5.06. The molecule has 0 amide bonds. The van der Waals surface area contributed by atoms with Gasteiger partial charge in [0.2, 0.25) is 0 Å². The van der Waals surface area contributed by atoms with Crippen molar-refractivity contribution in [3.8, 4) is 0 Å². The van der Waals surface area contributed by atoms with E-state index in [1.165, 1.54) is 32.1 Å². The van der Waals surface area contributed by atoms with E-state index < -0.39 is 5.97 Å². The summed E-state index contributed by atoms with van der Waals surface area (Å²) in [7, 11) is 0. The van der Waals surface area contributed by atoms with Crippen molar-refractivity contribution in [1.29, 1.82) is 0 Å². The van der Waals surface area contributed by atoms with Crippen LogP contribution in [0.2, 0.25) is 0 Å². The first kappa shape index (κ1) is 22.6. The minimum absolute atomic E-state index is 0. The first-order valence-electron chi connectivity index (χ1n) is 7.95. The Morgan fingerprint density at radius 3 is 1.90 bits per heavy atom. The summed E-state index contributed by atoms with van der Waals surface area (Å²) in [6.45, 7) is 2.20. The molecule has 0 aliphatic carbocycles. The van der Waals surface area contributed by atoms with Crippen LogP contribution >= 0.6 is 0 Å². The molecular formula is C18H29LiO2. The van der Waals surface area contributed by atoms with Crippen LogP contribution in [0.5, 0.6) is 0 Å². The third-order valence-corrected chi connectivity index (χ3v) is 3.08. The second kappa shape index (κ2) is 19.3. The first-order chi connectivity index (χ1) is 9.77. The number of carboxylic acids is 1. The van der Waals surface area contributed by atoms with Gasteiger partial charge < -0.3 is 9.90 Å². The standard InChI is InChI=1S/C18H30O2.Li/c1-2-3-4-5-6-7-8-9-10-11-12-13-14-15-16-17-18(19)20;/h5-10H,2-4,11-17H2,1H3,(H,19,20);/q;+1/p-1/b6-5-,8-7+,10-9-;. The number of unbranched alkanes of at least 4 members (excludes halogenated alkanes) is 7. The molecule has 0 atom stereocenters. The first-order valence-corrected chi connectivity index (χ1v) is 7.95. The Labute approximate surface area is 142 Å². The Morgan fingerprint density at radius 2 is 1.33 bits per heavy atom. The van der Waals surface area contributed by atoms with Gasteiger partial charge in [-0.2, -0.15) is 0 Å². The molecule has 0 radical (unpaired) electrons. The van der Waals surface area contributed by atoms with E-state index in [0.717, 1.165) is 25.7 Å². The summed E-state index contributed by atoms with van der Waals surface area (Å²) >= 11 is 0. The fourth-order valence-corrected chi connectivity index (χ4v) is 1.86. The molecule has 0 heterocycles. The van der Waals surface area contributed by atoms with Crippen LogP contribution in [0.15, 0.2) is 36.5 Å². The average molecular weight is 284 g/mol. The fourth-order valence-electron chi connectivity index (χ4n) is 1.86. The summed E-state index contributed by atoms with van der Waals surface area (Å²) in [5, 5.41) is 10.2. The molecule has 0 unspecified atom stereocenters. The number of carboxylic acid groups (broad SMARTS) is 1. The van der Waals surface area contributed by atoms with E-state index in [-0.39, 0.29) is 25.3 Å². The van der Waals surface area contributed by atoms with Crippen LogP contribution in [0, 0.1) is 0 Å². The molecular weight excluding hydrogens is 255 g/mol. The van der Waals surface area contributed by atoms with Crippen molar-refractivity contribution in [2.75, 3.05) is 0 Å². The molecule has 0 N–H and O–H groups in total. The quantitative estimate of drug-likeness (QED) is 0.291. The molecule has 0 fully saturated rings. The van der Waals surface area contributed by atoms with E-state index in [4.69, 9.17) is 0 Å². The van der Waals surface area contributed by atoms with E-state index in [0.29, 0.717) is 0 Å². The van der Waals surface area contributed by atoms with Gasteiger partial charge in [-0.1, -0.05) is 75.5 Å². The maximum absolute atomic E-state index is 10.2. The Morgan fingerprint density at radius 1 is 0.810 bits per heavy atom. The van der Waals surface area contributed by atoms with Crippen molar-refractivity contribution in [1.82, 2.24) is 0 Å². The molecule has 0 aromatic heterocycles. The number of hydrogen-bond acceptors (Lipinski definition) is 2. The molecule has 114 valence electrons. The van der Waals surface area contributed by atoms with Crippen LogP contribution in [0.4, 0.5) is 0 Å². The maximum Gasteiger partial charge on any atom is 1.00 e. The van der Waals surface area contributed by atoms with E-state index in [2.05, 4.69) is 43.4 Å². The Hall–Kier alpha value is -0.713. The van der Waals surface area contributed by atoms with Crippen molar-refractivity contribution in [3.05, 3.63) is 36.5 Å². The van der Waals surface area contributed by atoms with Gasteiger partial charge in [0, 0.05) is 5.97 Å².